The van der Waals surface area contributed by atoms with Gasteiger partial charge in [-0.25, -0.2) is 0 Å². The number of hydrogen-bond donors (Lipinski definition) is 1. The van der Waals surface area contributed by atoms with E-state index < -0.39 is 11.7 Å². The van der Waals surface area contributed by atoms with E-state index in [4.69, 9.17) is 0 Å². The van der Waals surface area contributed by atoms with E-state index in [0.29, 0.717) is 6.42 Å². The van der Waals surface area contributed by atoms with Gasteiger partial charge in [0.15, 0.2) is 0 Å². The molecule has 0 unspecified atom stereocenters. The van der Waals surface area contributed by atoms with E-state index in [9.17, 15) is 13.2 Å². The topological polar surface area (TPSA) is 12.0 Å². The van der Waals surface area contributed by atoms with Gasteiger partial charge in [-0.2, -0.15) is 13.2 Å². The lowest BCUT2D eigenvalue weighted by Crippen LogP contribution is -2.27. The maximum atomic E-state index is 12.7. The first-order valence-electron chi connectivity index (χ1n) is 4.77. The van der Waals surface area contributed by atoms with Crippen LogP contribution in [0.15, 0.2) is 18.2 Å². The summed E-state index contributed by atoms with van der Waals surface area (Å²) in [5, 5.41) is 2.93. The third-order valence-corrected chi connectivity index (χ3v) is 2.55. The number of halogens is 3. The van der Waals surface area contributed by atoms with Crippen LogP contribution >= 0.6 is 0 Å². The van der Waals surface area contributed by atoms with Crippen molar-refractivity contribution in [2.45, 2.75) is 32.0 Å². The second kappa shape index (κ2) is 2.90. The van der Waals surface area contributed by atoms with Crippen molar-refractivity contribution < 1.29 is 13.2 Å². The lowest BCUT2D eigenvalue weighted by molar-refractivity contribution is -0.136. The van der Waals surface area contributed by atoms with Crippen molar-refractivity contribution >= 4 is 5.69 Å². The highest BCUT2D eigenvalue weighted by atomic mass is 19.4. The Balaban J connectivity index is 2.51. The molecule has 1 nitrogen and oxygen atoms in total. The Morgan fingerprint density at radius 2 is 1.93 bits per heavy atom. The van der Waals surface area contributed by atoms with Crippen LogP contribution < -0.4 is 5.32 Å². The molecule has 0 aromatic heterocycles. The molecular weight excluding hydrogens is 203 g/mol. The van der Waals surface area contributed by atoms with E-state index in [1.165, 1.54) is 6.07 Å². The van der Waals surface area contributed by atoms with Crippen LogP contribution in [0.5, 0.6) is 0 Å². The fourth-order valence-corrected chi connectivity index (χ4v) is 1.99. The number of hydrogen-bond acceptors (Lipinski definition) is 1. The number of benzene rings is 1. The van der Waals surface area contributed by atoms with Gasteiger partial charge in [0.1, 0.15) is 0 Å². The van der Waals surface area contributed by atoms with Gasteiger partial charge in [-0.05, 0) is 31.9 Å². The first-order chi connectivity index (χ1) is 6.80. The first kappa shape index (κ1) is 10.3. The molecule has 0 atom stereocenters. The van der Waals surface area contributed by atoms with Gasteiger partial charge in [0.05, 0.1) is 11.3 Å². The summed E-state index contributed by atoms with van der Waals surface area (Å²) < 4.78 is 38.0. The van der Waals surface area contributed by atoms with Crippen LogP contribution in [0.3, 0.4) is 0 Å². The molecule has 15 heavy (non-hydrogen) atoms. The normalized spacial score (nSPS) is 18.5. The Morgan fingerprint density at radius 1 is 1.27 bits per heavy atom. The molecule has 1 aliphatic rings. The minimum Gasteiger partial charge on any atom is -0.379 e. The van der Waals surface area contributed by atoms with Gasteiger partial charge in [0, 0.05) is 5.54 Å². The second-order valence-corrected chi connectivity index (χ2v) is 4.52. The van der Waals surface area contributed by atoms with Crippen LogP contribution in [0, 0.1) is 0 Å². The number of nitrogens with one attached hydrogen (secondary N) is 1. The summed E-state index contributed by atoms with van der Waals surface area (Å²) in [6.45, 7) is 3.79. The highest BCUT2D eigenvalue weighted by Gasteiger charge is 2.38. The summed E-state index contributed by atoms with van der Waals surface area (Å²) in [6, 6.07) is 4.32. The summed E-state index contributed by atoms with van der Waals surface area (Å²) in [7, 11) is 0. The van der Waals surface area contributed by atoms with E-state index >= 15 is 0 Å². The number of para-hydroxylation sites is 1. The van der Waals surface area contributed by atoms with E-state index in [2.05, 4.69) is 5.32 Å². The molecule has 0 saturated carbocycles. The highest BCUT2D eigenvalue weighted by molar-refractivity contribution is 5.64. The van der Waals surface area contributed by atoms with Gasteiger partial charge < -0.3 is 5.32 Å². The van der Waals surface area contributed by atoms with E-state index in [1.807, 2.05) is 13.8 Å². The first-order valence-corrected chi connectivity index (χ1v) is 4.77. The molecular formula is C11H12F3N. The molecule has 82 valence electrons. The Kier molecular flexibility index (Phi) is 2.00. The SMILES string of the molecule is CC1(C)Cc2cccc(C(F)(F)F)c2N1. The predicted molar refractivity (Wildman–Crippen MR) is 52.8 cm³/mol. The van der Waals surface area contributed by atoms with Gasteiger partial charge in [-0.1, -0.05) is 12.1 Å². The van der Waals surface area contributed by atoms with E-state index in [1.54, 1.807) is 6.07 Å². The zero-order valence-electron chi connectivity index (χ0n) is 8.57. The van der Waals surface area contributed by atoms with Crippen LogP contribution in [-0.2, 0) is 12.6 Å². The van der Waals surface area contributed by atoms with Crippen LogP contribution in [0.2, 0.25) is 0 Å². The van der Waals surface area contributed by atoms with Gasteiger partial charge >= 0.3 is 6.18 Å². The third-order valence-electron chi connectivity index (χ3n) is 2.55. The van der Waals surface area contributed by atoms with Crippen molar-refractivity contribution in [2.75, 3.05) is 5.32 Å². The molecule has 0 amide bonds. The Labute approximate surface area is 86.3 Å². The lowest BCUT2D eigenvalue weighted by Gasteiger charge is -2.19. The number of fused-ring (bicyclic) bond motifs is 1. The molecule has 0 spiro atoms. The van der Waals surface area contributed by atoms with Gasteiger partial charge in [0.25, 0.3) is 0 Å². The molecule has 0 saturated heterocycles. The molecule has 1 aromatic carbocycles. The molecule has 1 aliphatic heterocycles. The highest BCUT2D eigenvalue weighted by Crippen LogP contribution is 2.42. The summed E-state index contributed by atoms with van der Waals surface area (Å²) >= 11 is 0. The smallest absolute Gasteiger partial charge is 0.379 e. The maximum absolute atomic E-state index is 12.7. The van der Waals surface area contributed by atoms with Crippen LogP contribution in [0.1, 0.15) is 25.0 Å². The van der Waals surface area contributed by atoms with Gasteiger partial charge in [0.2, 0.25) is 0 Å². The molecule has 1 aromatic rings. The molecule has 0 aliphatic carbocycles. The standard InChI is InChI=1S/C11H12F3N/c1-10(2)6-7-4-3-5-8(9(7)15-10)11(12,13)14/h3-5,15H,6H2,1-2H3. The van der Waals surface area contributed by atoms with Crippen LogP contribution in [0.25, 0.3) is 0 Å². The second-order valence-electron chi connectivity index (χ2n) is 4.52. The maximum Gasteiger partial charge on any atom is 0.418 e. The quantitative estimate of drug-likeness (QED) is 0.698. The van der Waals surface area contributed by atoms with Crippen molar-refractivity contribution in [1.82, 2.24) is 0 Å². The zero-order valence-corrected chi connectivity index (χ0v) is 8.57. The number of alkyl halides is 3. The summed E-state index contributed by atoms with van der Waals surface area (Å²) in [5.74, 6) is 0. The summed E-state index contributed by atoms with van der Waals surface area (Å²) in [6.07, 6.45) is -3.65. The van der Waals surface area contributed by atoms with Crippen LogP contribution in [0.4, 0.5) is 18.9 Å². The van der Waals surface area contributed by atoms with E-state index in [0.717, 1.165) is 11.6 Å². The van der Waals surface area contributed by atoms with Crippen molar-refractivity contribution in [1.29, 1.82) is 0 Å². The lowest BCUT2D eigenvalue weighted by atomic mass is 10.00. The minimum atomic E-state index is -4.28. The van der Waals surface area contributed by atoms with Gasteiger partial charge in [-0.15, -0.1) is 0 Å². The van der Waals surface area contributed by atoms with Crippen molar-refractivity contribution in [3.8, 4) is 0 Å². The Morgan fingerprint density at radius 3 is 2.53 bits per heavy atom. The average molecular weight is 215 g/mol. The van der Waals surface area contributed by atoms with E-state index in [-0.39, 0.29) is 11.2 Å². The number of rotatable bonds is 0. The van der Waals surface area contributed by atoms with Crippen molar-refractivity contribution in [2.24, 2.45) is 0 Å². The monoisotopic (exact) mass is 215 g/mol. The fraction of sp³-hybridized carbons (Fsp3) is 0.455. The number of anilines is 1. The fourth-order valence-electron chi connectivity index (χ4n) is 1.99. The van der Waals surface area contributed by atoms with Gasteiger partial charge in [-0.3, -0.25) is 0 Å². The largest absolute Gasteiger partial charge is 0.418 e. The van der Waals surface area contributed by atoms with Crippen molar-refractivity contribution in [3.63, 3.8) is 0 Å². The molecule has 1 N–H and O–H groups in total. The van der Waals surface area contributed by atoms with Crippen LogP contribution in [-0.4, -0.2) is 5.54 Å². The summed E-state index contributed by atoms with van der Waals surface area (Å²) in [4.78, 5) is 0. The predicted octanol–water partition coefficient (Wildman–Crippen LogP) is 3.45. The Bertz CT molecular complexity index is 393. The molecule has 2 rings (SSSR count). The molecule has 4 heteroatoms. The molecule has 0 radical (unpaired) electrons. The summed E-state index contributed by atoms with van der Waals surface area (Å²) in [5.41, 5.74) is 0.138. The molecule has 1 heterocycles. The Hall–Kier alpha value is -1.19. The zero-order chi connectivity index (χ0) is 11.3. The third kappa shape index (κ3) is 1.80. The minimum absolute atomic E-state index is 0.245. The van der Waals surface area contributed by atoms with Crippen molar-refractivity contribution in [3.05, 3.63) is 29.3 Å². The molecule has 0 fully saturated rings. The average Bonchev–Trinajstić information content (AvgIpc) is 2.35. The molecule has 0 bridgehead atoms.